The molecule has 2 aromatic carbocycles. The molecule has 22 heavy (non-hydrogen) atoms. The van der Waals surface area contributed by atoms with Crippen molar-refractivity contribution in [2.24, 2.45) is 0 Å². The molecule has 2 N–H and O–H groups in total. The Kier molecular flexibility index (Phi) is 6.12. The van der Waals surface area contributed by atoms with E-state index in [2.05, 4.69) is 23.0 Å². The average Bonchev–Trinajstić information content (AvgIpc) is 2.52. The van der Waals surface area contributed by atoms with E-state index in [4.69, 9.17) is 0 Å². The summed E-state index contributed by atoms with van der Waals surface area (Å²) in [5, 5.41) is 3.18. The average molecular weight is 318 g/mol. The van der Waals surface area contributed by atoms with E-state index in [1.54, 1.807) is 0 Å². The van der Waals surface area contributed by atoms with E-state index in [0.717, 1.165) is 5.56 Å². The summed E-state index contributed by atoms with van der Waals surface area (Å²) < 4.78 is 26.5. The van der Waals surface area contributed by atoms with E-state index in [1.807, 2.05) is 48.5 Å². The van der Waals surface area contributed by atoms with Crippen LogP contribution < -0.4 is 10.0 Å². The molecular formula is C17H22N2O2S. The number of aryl methyl sites for hydroxylation is 1. The van der Waals surface area contributed by atoms with E-state index < -0.39 is 10.0 Å². The van der Waals surface area contributed by atoms with Crippen molar-refractivity contribution in [3.8, 4) is 0 Å². The van der Waals surface area contributed by atoms with Gasteiger partial charge in [-0.3, -0.25) is 0 Å². The normalized spacial score (nSPS) is 11.5. The predicted octanol–water partition coefficient (Wildman–Crippen LogP) is 2.20. The van der Waals surface area contributed by atoms with Crippen molar-refractivity contribution < 1.29 is 8.42 Å². The largest absolute Gasteiger partial charge is 0.312 e. The molecule has 5 heteroatoms. The fourth-order valence-electron chi connectivity index (χ4n) is 2.10. The van der Waals surface area contributed by atoms with Crippen LogP contribution in [0.2, 0.25) is 0 Å². The minimum Gasteiger partial charge on any atom is -0.312 e. The first-order valence-electron chi connectivity index (χ1n) is 7.33. The molecule has 0 aliphatic carbocycles. The van der Waals surface area contributed by atoms with Gasteiger partial charge in [-0.25, -0.2) is 13.1 Å². The van der Waals surface area contributed by atoms with Gasteiger partial charge in [0.1, 0.15) is 0 Å². The Bertz CT molecular complexity index is 685. The van der Waals surface area contributed by atoms with Crippen LogP contribution in [0.4, 0.5) is 0 Å². The number of benzene rings is 2. The van der Waals surface area contributed by atoms with Gasteiger partial charge in [-0.2, -0.15) is 0 Å². The molecule has 2 aromatic rings. The molecule has 118 valence electrons. The highest BCUT2D eigenvalue weighted by Crippen LogP contribution is 2.05. The highest BCUT2D eigenvalue weighted by Gasteiger charge is 2.09. The molecule has 0 bridgehead atoms. The van der Waals surface area contributed by atoms with Crippen LogP contribution in [0.25, 0.3) is 0 Å². The molecular weight excluding hydrogens is 296 g/mol. The molecule has 0 aliphatic heterocycles. The zero-order valence-electron chi connectivity index (χ0n) is 12.7. The fraction of sp³-hybridized carbons (Fsp3) is 0.294. The Morgan fingerprint density at radius 1 is 0.909 bits per heavy atom. The third kappa shape index (κ3) is 5.60. The fourth-order valence-corrected chi connectivity index (χ4v) is 3.04. The third-order valence-electron chi connectivity index (χ3n) is 3.46. The molecule has 0 aliphatic rings. The molecule has 0 amide bonds. The lowest BCUT2D eigenvalue weighted by molar-refractivity contribution is 0.576. The number of hydrogen-bond donors (Lipinski definition) is 2. The van der Waals surface area contributed by atoms with Gasteiger partial charge in [0, 0.05) is 19.6 Å². The molecule has 0 saturated heterocycles. The van der Waals surface area contributed by atoms with Crippen LogP contribution in [0.1, 0.15) is 16.7 Å². The lowest BCUT2D eigenvalue weighted by Gasteiger charge is -2.09. The summed E-state index contributed by atoms with van der Waals surface area (Å²) in [6.45, 7) is 3.50. The van der Waals surface area contributed by atoms with Crippen molar-refractivity contribution in [2.75, 3.05) is 12.3 Å². The minimum absolute atomic E-state index is 0.0751. The van der Waals surface area contributed by atoms with Crippen molar-refractivity contribution in [3.63, 3.8) is 0 Å². The molecule has 0 spiro atoms. The van der Waals surface area contributed by atoms with E-state index in [0.29, 0.717) is 19.6 Å². The maximum Gasteiger partial charge on any atom is 0.213 e. The lowest BCUT2D eigenvalue weighted by Crippen LogP contribution is -2.31. The van der Waals surface area contributed by atoms with E-state index in [1.165, 1.54) is 11.1 Å². The molecule has 0 heterocycles. The summed E-state index contributed by atoms with van der Waals surface area (Å²) >= 11 is 0. The van der Waals surface area contributed by atoms with Crippen LogP contribution in [-0.2, 0) is 23.1 Å². The van der Waals surface area contributed by atoms with Crippen molar-refractivity contribution in [1.82, 2.24) is 10.0 Å². The van der Waals surface area contributed by atoms with Crippen molar-refractivity contribution in [2.45, 2.75) is 20.0 Å². The van der Waals surface area contributed by atoms with Gasteiger partial charge < -0.3 is 5.32 Å². The van der Waals surface area contributed by atoms with Crippen LogP contribution in [0.15, 0.2) is 54.6 Å². The Balaban J connectivity index is 1.72. The summed E-state index contributed by atoms with van der Waals surface area (Å²) in [6, 6.07) is 17.6. The second-order valence-electron chi connectivity index (χ2n) is 5.23. The first kappa shape index (κ1) is 16.7. The van der Waals surface area contributed by atoms with E-state index in [-0.39, 0.29) is 5.75 Å². The van der Waals surface area contributed by atoms with Crippen LogP contribution >= 0.6 is 0 Å². The SMILES string of the molecule is Cc1ccccc1CNCCS(=O)(=O)NCc1ccccc1. The predicted molar refractivity (Wildman–Crippen MR) is 90.0 cm³/mol. The topological polar surface area (TPSA) is 58.2 Å². The summed E-state index contributed by atoms with van der Waals surface area (Å²) in [5.74, 6) is 0.0751. The zero-order valence-corrected chi connectivity index (χ0v) is 13.6. The third-order valence-corrected chi connectivity index (χ3v) is 4.79. The van der Waals surface area contributed by atoms with Gasteiger partial charge in [-0.05, 0) is 23.6 Å². The monoisotopic (exact) mass is 318 g/mol. The Morgan fingerprint density at radius 3 is 2.32 bits per heavy atom. The van der Waals surface area contributed by atoms with Gasteiger partial charge in [-0.15, -0.1) is 0 Å². The van der Waals surface area contributed by atoms with E-state index >= 15 is 0 Å². The Morgan fingerprint density at radius 2 is 1.59 bits per heavy atom. The van der Waals surface area contributed by atoms with Gasteiger partial charge in [-0.1, -0.05) is 54.6 Å². The van der Waals surface area contributed by atoms with Crippen molar-refractivity contribution in [3.05, 3.63) is 71.3 Å². The Hall–Kier alpha value is -1.69. The summed E-state index contributed by atoms with van der Waals surface area (Å²) in [5.41, 5.74) is 3.36. The molecule has 0 unspecified atom stereocenters. The number of nitrogens with one attached hydrogen (secondary N) is 2. The summed E-state index contributed by atoms with van der Waals surface area (Å²) in [6.07, 6.45) is 0. The molecule has 0 saturated carbocycles. The quantitative estimate of drug-likeness (QED) is 0.734. The van der Waals surface area contributed by atoms with Crippen molar-refractivity contribution in [1.29, 1.82) is 0 Å². The van der Waals surface area contributed by atoms with Crippen LogP contribution in [0.3, 0.4) is 0 Å². The summed E-state index contributed by atoms with van der Waals surface area (Å²) in [7, 11) is -3.26. The van der Waals surface area contributed by atoms with Gasteiger partial charge in [0.05, 0.1) is 5.75 Å². The second-order valence-corrected chi connectivity index (χ2v) is 7.16. The highest BCUT2D eigenvalue weighted by atomic mass is 32.2. The lowest BCUT2D eigenvalue weighted by atomic mass is 10.1. The first-order chi connectivity index (χ1) is 10.6. The molecule has 2 rings (SSSR count). The minimum atomic E-state index is -3.26. The zero-order chi connectivity index (χ0) is 15.8. The highest BCUT2D eigenvalue weighted by molar-refractivity contribution is 7.89. The van der Waals surface area contributed by atoms with Gasteiger partial charge >= 0.3 is 0 Å². The Labute approximate surface area is 132 Å². The van der Waals surface area contributed by atoms with E-state index in [9.17, 15) is 8.42 Å². The number of sulfonamides is 1. The standard InChI is InChI=1S/C17H22N2O2S/c1-15-7-5-6-10-17(15)14-18-11-12-22(20,21)19-13-16-8-3-2-4-9-16/h2-10,18-19H,11-14H2,1H3. The van der Waals surface area contributed by atoms with Crippen LogP contribution in [0.5, 0.6) is 0 Å². The van der Waals surface area contributed by atoms with Gasteiger partial charge in [0.25, 0.3) is 0 Å². The van der Waals surface area contributed by atoms with Gasteiger partial charge in [0.2, 0.25) is 10.0 Å². The maximum absolute atomic E-state index is 11.9. The number of rotatable bonds is 8. The molecule has 4 nitrogen and oxygen atoms in total. The first-order valence-corrected chi connectivity index (χ1v) is 8.98. The maximum atomic E-state index is 11.9. The molecule has 0 fully saturated rings. The molecule has 0 aromatic heterocycles. The van der Waals surface area contributed by atoms with Crippen LogP contribution in [0, 0.1) is 6.92 Å². The second kappa shape index (κ2) is 8.08. The summed E-state index contributed by atoms with van der Waals surface area (Å²) in [4.78, 5) is 0. The molecule has 0 atom stereocenters. The van der Waals surface area contributed by atoms with Gasteiger partial charge in [0.15, 0.2) is 0 Å². The van der Waals surface area contributed by atoms with Crippen molar-refractivity contribution >= 4 is 10.0 Å². The smallest absolute Gasteiger partial charge is 0.213 e. The molecule has 0 radical (unpaired) electrons. The number of hydrogen-bond acceptors (Lipinski definition) is 3. The van der Waals surface area contributed by atoms with Crippen LogP contribution in [-0.4, -0.2) is 20.7 Å².